The molecule has 0 aliphatic carbocycles. The van der Waals surface area contributed by atoms with Crippen LogP contribution in [0.25, 0.3) is 0 Å². The van der Waals surface area contributed by atoms with Gasteiger partial charge in [-0.2, -0.15) is 0 Å². The van der Waals surface area contributed by atoms with E-state index in [4.69, 9.17) is 0 Å². The molecular weight excluding hydrogens is 244 g/mol. The van der Waals surface area contributed by atoms with Gasteiger partial charge in [0.2, 0.25) is 0 Å². The van der Waals surface area contributed by atoms with Crippen molar-refractivity contribution < 1.29 is 5.11 Å². The quantitative estimate of drug-likeness (QED) is 0.761. The Morgan fingerprint density at radius 2 is 2.00 bits per heavy atom. The Hall–Kier alpha value is 0.360. The Kier molecular flexibility index (Phi) is 5.38. The third-order valence-electron chi connectivity index (χ3n) is 2.93. The fourth-order valence-corrected chi connectivity index (χ4v) is 2.17. The van der Waals surface area contributed by atoms with E-state index in [1.807, 2.05) is 0 Å². The molecule has 1 N–H and O–H groups in total. The fourth-order valence-electron chi connectivity index (χ4n) is 1.97. The summed E-state index contributed by atoms with van der Waals surface area (Å²) in [5.41, 5.74) is 0. The number of aliphatic hydroxyl groups is 1. The van der Waals surface area contributed by atoms with Gasteiger partial charge in [0.15, 0.2) is 0 Å². The summed E-state index contributed by atoms with van der Waals surface area (Å²) < 4.78 is 0. The number of nitrogens with zero attached hydrogens (tertiary/aromatic N) is 2. The normalized spacial score (nSPS) is 22.9. The Balaban J connectivity index is 2.22. The smallest absolute Gasteiger partial charge is 0.0763 e. The van der Waals surface area contributed by atoms with Gasteiger partial charge in [-0.3, -0.25) is 0 Å². The monoisotopic (exact) mass is 264 g/mol. The molecule has 0 radical (unpaired) electrons. The van der Waals surface area contributed by atoms with Crippen molar-refractivity contribution in [3.8, 4) is 0 Å². The topological polar surface area (TPSA) is 26.7 Å². The van der Waals surface area contributed by atoms with E-state index in [1.165, 1.54) is 12.8 Å². The van der Waals surface area contributed by atoms with Crippen LogP contribution in [0.4, 0.5) is 0 Å². The third kappa shape index (κ3) is 3.85. The van der Waals surface area contributed by atoms with Crippen LogP contribution in [-0.4, -0.2) is 66.1 Å². The summed E-state index contributed by atoms with van der Waals surface area (Å²) >= 11 is 3.29. The minimum atomic E-state index is -0.217. The van der Waals surface area contributed by atoms with E-state index >= 15 is 0 Å². The Labute approximate surface area is 95.2 Å². The molecule has 0 aromatic heterocycles. The van der Waals surface area contributed by atoms with Crippen LogP contribution in [0.1, 0.15) is 12.8 Å². The largest absolute Gasteiger partial charge is 0.391 e. The Morgan fingerprint density at radius 3 is 2.43 bits per heavy atom. The number of aliphatic hydroxyl groups excluding tert-OH is 1. The van der Waals surface area contributed by atoms with Crippen molar-refractivity contribution in [2.75, 3.05) is 39.1 Å². The van der Waals surface area contributed by atoms with Gasteiger partial charge < -0.3 is 14.9 Å². The van der Waals surface area contributed by atoms with E-state index in [0.29, 0.717) is 5.33 Å². The van der Waals surface area contributed by atoms with Crippen LogP contribution in [0.2, 0.25) is 0 Å². The molecule has 0 aromatic rings. The van der Waals surface area contributed by atoms with Crippen molar-refractivity contribution in [2.45, 2.75) is 25.0 Å². The Morgan fingerprint density at radius 1 is 1.43 bits per heavy atom. The summed E-state index contributed by atoms with van der Waals surface area (Å²) in [5, 5.41) is 10.2. The van der Waals surface area contributed by atoms with Crippen LogP contribution in [0.3, 0.4) is 0 Å². The second kappa shape index (κ2) is 6.05. The summed E-state index contributed by atoms with van der Waals surface area (Å²) in [4.78, 5) is 4.66. The van der Waals surface area contributed by atoms with E-state index in [2.05, 4.69) is 39.8 Å². The highest BCUT2D eigenvalue weighted by atomic mass is 79.9. The molecule has 0 saturated carbocycles. The zero-order valence-electron chi connectivity index (χ0n) is 9.12. The second-order valence-electron chi connectivity index (χ2n) is 4.30. The maximum absolute atomic E-state index is 9.49. The minimum Gasteiger partial charge on any atom is -0.391 e. The first-order chi connectivity index (χ1) is 6.63. The average molecular weight is 265 g/mol. The molecule has 1 fully saturated rings. The van der Waals surface area contributed by atoms with E-state index in [-0.39, 0.29) is 6.10 Å². The minimum absolute atomic E-state index is 0.217. The molecule has 1 rings (SSSR count). The molecule has 4 heteroatoms. The molecule has 0 spiro atoms. The highest BCUT2D eigenvalue weighted by Gasteiger charge is 2.21. The maximum Gasteiger partial charge on any atom is 0.0763 e. The fraction of sp³-hybridized carbons (Fsp3) is 1.00. The third-order valence-corrected chi connectivity index (χ3v) is 3.68. The van der Waals surface area contributed by atoms with Crippen molar-refractivity contribution in [1.82, 2.24) is 9.80 Å². The molecular formula is C10H21BrN2O. The molecule has 1 atom stereocenters. The highest BCUT2D eigenvalue weighted by molar-refractivity contribution is 9.09. The first-order valence-electron chi connectivity index (χ1n) is 5.26. The lowest BCUT2D eigenvalue weighted by Gasteiger charge is -2.35. The van der Waals surface area contributed by atoms with Crippen molar-refractivity contribution in [1.29, 1.82) is 0 Å². The lowest BCUT2D eigenvalue weighted by atomic mass is 10.0. The van der Waals surface area contributed by atoms with Crippen molar-refractivity contribution in [2.24, 2.45) is 0 Å². The molecule has 84 valence electrons. The van der Waals surface area contributed by atoms with E-state index in [9.17, 15) is 5.11 Å². The van der Waals surface area contributed by atoms with Gasteiger partial charge in [0.1, 0.15) is 0 Å². The molecule has 14 heavy (non-hydrogen) atoms. The van der Waals surface area contributed by atoms with Crippen molar-refractivity contribution >= 4 is 15.9 Å². The van der Waals surface area contributed by atoms with E-state index in [1.54, 1.807) is 0 Å². The van der Waals surface area contributed by atoms with Crippen molar-refractivity contribution in [3.05, 3.63) is 0 Å². The molecule has 3 nitrogen and oxygen atoms in total. The summed E-state index contributed by atoms with van der Waals surface area (Å²) in [5.74, 6) is 0. The first-order valence-corrected chi connectivity index (χ1v) is 6.38. The molecule has 1 aliphatic rings. The van der Waals surface area contributed by atoms with Crippen LogP contribution in [0, 0.1) is 0 Å². The van der Waals surface area contributed by atoms with Gasteiger partial charge in [-0.1, -0.05) is 15.9 Å². The number of piperidine rings is 1. The lowest BCUT2D eigenvalue weighted by Crippen LogP contribution is -2.44. The first kappa shape index (κ1) is 12.4. The predicted octanol–water partition coefficient (Wildman–Crippen LogP) is 0.768. The van der Waals surface area contributed by atoms with Crippen LogP contribution >= 0.6 is 15.9 Å². The molecule has 0 amide bonds. The van der Waals surface area contributed by atoms with Gasteiger partial charge >= 0.3 is 0 Å². The zero-order valence-corrected chi connectivity index (χ0v) is 10.7. The number of alkyl halides is 1. The number of rotatable bonds is 4. The van der Waals surface area contributed by atoms with Gasteiger partial charge in [-0.05, 0) is 40.0 Å². The zero-order chi connectivity index (χ0) is 10.6. The summed E-state index contributed by atoms with van der Waals surface area (Å²) in [6.45, 7) is 3.05. The summed E-state index contributed by atoms with van der Waals surface area (Å²) in [6, 6.07) is 0.729. The van der Waals surface area contributed by atoms with E-state index < -0.39 is 0 Å². The van der Waals surface area contributed by atoms with E-state index in [0.717, 1.165) is 25.7 Å². The molecule has 1 heterocycles. The number of hydrogen-bond donors (Lipinski definition) is 1. The molecule has 1 unspecified atom stereocenters. The summed E-state index contributed by atoms with van der Waals surface area (Å²) in [7, 11) is 4.29. The SMILES string of the molecule is CN(C)C1CCN(CC(O)CBr)CC1. The number of likely N-dealkylation sites (tertiary alicyclic amines) is 1. The highest BCUT2D eigenvalue weighted by Crippen LogP contribution is 2.14. The van der Waals surface area contributed by atoms with Gasteiger partial charge in [0.25, 0.3) is 0 Å². The van der Waals surface area contributed by atoms with Gasteiger partial charge in [0.05, 0.1) is 6.10 Å². The molecule has 0 bridgehead atoms. The number of halogens is 1. The van der Waals surface area contributed by atoms with Crippen molar-refractivity contribution in [3.63, 3.8) is 0 Å². The number of β-amino-alcohol motifs (C(OH)–C–C–N with tert-alkyl or cyclic N) is 1. The summed E-state index contributed by atoms with van der Waals surface area (Å²) in [6.07, 6.45) is 2.23. The predicted molar refractivity (Wildman–Crippen MR) is 62.9 cm³/mol. The van der Waals surface area contributed by atoms with Crippen LogP contribution in [0.15, 0.2) is 0 Å². The molecule has 1 aliphatic heterocycles. The molecule has 1 saturated heterocycles. The Bertz CT molecular complexity index is 158. The van der Waals surface area contributed by atoms with Gasteiger partial charge in [0, 0.05) is 17.9 Å². The van der Waals surface area contributed by atoms with Gasteiger partial charge in [-0.25, -0.2) is 0 Å². The van der Waals surface area contributed by atoms with Crippen LogP contribution < -0.4 is 0 Å². The van der Waals surface area contributed by atoms with Crippen LogP contribution in [-0.2, 0) is 0 Å². The number of hydrogen-bond acceptors (Lipinski definition) is 3. The van der Waals surface area contributed by atoms with Crippen LogP contribution in [0.5, 0.6) is 0 Å². The lowest BCUT2D eigenvalue weighted by molar-refractivity contribution is 0.0913. The average Bonchev–Trinajstić information content (AvgIpc) is 2.18. The standard InChI is InChI=1S/C10H21BrN2O/c1-12(2)9-3-5-13(6-4-9)8-10(14)7-11/h9-10,14H,3-8H2,1-2H3. The van der Waals surface area contributed by atoms with Gasteiger partial charge in [-0.15, -0.1) is 0 Å². The molecule has 0 aromatic carbocycles. The maximum atomic E-state index is 9.49. The second-order valence-corrected chi connectivity index (χ2v) is 4.95.